The Kier molecular flexibility index (Phi) is 3.96. The maximum atomic E-state index is 12.6. The molecule has 0 unspecified atom stereocenters. The van der Waals surface area contributed by atoms with Crippen LogP contribution in [0.4, 0.5) is 13.2 Å². The molecule has 6 heteroatoms. The lowest BCUT2D eigenvalue weighted by Gasteiger charge is -2.12. The molecule has 0 atom stereocenters. The molecule has 96 valence electrons. The van der Waals surface area contributed by atoms with Crippen LogP contribution in [0.3, 0.4) is 0 Å². The number of esters is 1. The van der Waals surface area contributed by atoms with Gasteiger partial charge in [0.05, 0.1) is 29.4 Å². The topological polar surface area (TPSA) is 50.1 Å². The third kappa shape index (κ3) is 2.80. The van der Waals surface area contributed by atoms with Crippen molar-refractivity contribution in [2.75, 3.05) is 6.61 Å². The van der Waals surface area contributed by atoms with Gasteiger partial charge in [-0.3, -0.25) is 0 Å². The van der Waals surface area contributed by atoms with Crippen LogP contribution in [0, 0.1) is 18.3 Å². The zero-order valence-electron chi connectivity index (χ0n) is 9.76. The maximum absolute atomic E-state index is 12.6. The highest BCUT2D eigenvalue weighted by Crippen LogP contribution is 2.32. The molecule has 0 N–H and O–H groups in total. The van der Waals surface area contributed by atoms with E-state index in [1.165, 1.54) is 6.92 Å². The van der Waals surface area contributed by atoms with Gasteiger partial charge in [0.25, 0.3) is 0 Å². The molecule has 0 heterocycles. The molecule has 0 bridgehead atoms. The van der Waals surface area contributed by atoms with Crippen molar-refractivity contribution in [3.8, 4) is 6.07 Å². The predicted molar refractivity (Wildman–Crippen MR) is 56.9 cm³/mol. The number of benzene rings is 1. The summed E-state index contributed by atoms with van der Waals surface area (Å²) in [5.74, 6) is -0.863. The molecule has 0 aliphatic carbocycles. The van der Waals surface area contributed by atoms with Crippen LogP contribution in [0.25, 0.3) is 0 Å². The normalized spacial score (nSPS) is 10.9. The molecule has 1 aromatic rings. The number of hydrogen-bond donors (Lipinski definition) is 0. The third-order valence-corrected chi connectivity index (χ3v) is 2.35. The van der Waals surface area contributed by atoms with Crippen molar-refractivity contribution in [1.29, 1.82) is 5.26 Å². The molecule has 3 nitrogen and oxygen atoms in total. The van der Waals surface area contributed by atoms with Gasteiger partial charge in [-0.1, -0.05) is 0 Å². The Morgan fingerprint density at radius 2 is 2.06 bits per heavy atom. The largest absolute Gasteiger partial charge is 0.462 e. The van der Waals surface area contributed by atoms with Crippen molar-refractivity contribution >= 4 is 5.97 Å². The fraction of sp³-hybridized carbons (Fsp3) is 0.333. The zero-order chi connectivity index (χ0) is 13.9. The van der Waals surface area contributed by atoms with Crippen molar-refractivity contribution in [3.63, 3.8) is 0 Å². The Balaban J connectivity index is 3.42. The average Bonchev–Trinajstić information content (AvgIpc) is 2.28. The fourth-order valence-electron chi connectivity index (χ4n) is 1.41. The van der Waals surface area contributed by atoms with Gasteiger partial charge in [0, 0.05) is 0 Å². The van der Waals surface area contributed by atoms with E-state index in [9.17, 15) is 18.0 Å². The summed E-state index contributed by atoms with van der Waals surface area (Å²) >= 11 is 0. The number of nitrogens with zero attached hydrogens (tertiary/aromatic N) is 1. The van der Waals surface area contributed by atoms with Gasteiger partial charge in [-0.05, 0) is 31.5 Å². The monoisotopic (exact) mass is 257 g/mol. The van der Waals surface area contributed by atoms with Crippen molar-refractivity contribution < 1.29 is 22.7 Å². The molecule has 0 saturated heterocycles. The lowest BCUT2D eigenvalue weighted by Crippen LogP contribution is -2.12. The van der Waals surface area contributed by atoms with Gasteiger partial charge in [0.1, 0.15) is 0 Å². The number of nitriles is 1. The number of rotatable bonds is 2. The molecule has 0 saturated carbocycles. The van der Waals surface area contributed by atoms with E-state index in [1.54, 1.807) is 13.0 Å². The lowest BCUT2D eigenvalue weighted by atomic mass is 9.99. The number of carbonyl (C=O) groups is 1. The van der Waals surface area contributed by atoms with Crippen molar-refractivity contribution in [1.82, 2.24) is 0 Å². The van der Waals surface area contributed by atoms with E-state index in [0.29, 0.717) is 6.07 Å². The first-order chi connectivity index (χ1) is 8.31. The van der Waals surface area contributed by atoms with Crippen LogP contribution in [0.5, 0.6) is 0 Å². The van der Waals surface area contributed by atoms with Crippen LogP contribution >= 0.6 is 0 Å². The summed E-state index contributed by atoms with van der Waals surface area (Å²) in [5.41, 5.74) is -1.27. The molecule has 0 amide bonds. The van der Waals surface area contributed by atoms with Crippen molar-refractivity contribution in [2.45, 2.75) is 20.0 Å². The summed E-state index contributed by atoms with van der Waals surface area (Å²) in [6, 6.07) is 3.06. The first kappa shape index (κ1) is 14.0. The standard InChI is InChI=1S/C12H10F3NO2/c1-3-18-11(17)10-5-9(12(13,14)15)4-8(6-16)7(10)2/h4-5H,3H2,1-2H3. The van der Waals surface area contributed by atoms with Gasteiger partial charge in [0.2, 0.25) is 0 Å². The SMILES string of the molecule is CCOC(=O)c1cc(C(F)(F)F)cc(C#N)c1C. The first-order valence-corrected chi connectivity index (χ1v) is 5.10. The van der Waals surface area contributed by atoms with Gasteiger partial charge in [-0.15, -0.1) is 0 Å². The number of carbonyl (C=O) groups excluding carboxylic acids is 1. The Bertz CT molecular complexity index is 515. The summed E-state index contributed by atoms with van der Waals surface area (Å²) in [6.07, 6.45) is -4.61. The molecule has 0 aliphatic heterocycles. The second kappa shape index (κ2) is 5.08. The van der Waals surface area contributed by atoms with E-state index in [2.05, 4.69) is 4.74 Å². The summed E-state index contributed by atoms with van der Waals surface area (Å²) in [7, 11) is 0. The van der Waals surface area contributed by atoms with Crippen LogP contribution in [0.15, 0.2) is 12.1 Å². The second-order valence-electron chi connectivity index (χ2n) is 3.53. The lowest BCUT2D eigenvalue weighted by molar-refractivity contribution is -0.137. The number of ether oxygens (including phenoxy) is 1. The fourth-order valence-corrected chi connectivity index (χ4v) is 1.41. The number of hydrogen-bond acceptors (Lipinski definition) is 3. The van der Waals surface area contributed by atoms with E-state index < -0.39 is 17.7 Å². The molecule has 1 rings (SSSR count). The highest BCUT2D eigenvalue weighted by atomic mass is 19.4. The number of halogens is 3. The summed E-state index contributed by atoms with van der Waals surface area (Å²) in [5, 5.41) is 8.78. The van der Waals surface area contributed by atoms with E-state index >= 15 is 0 Å². The second-order valence-corrected chi connectivity index (χ2v) is 3.53. The van der Waals surface area contributed by atoms with E-state index in [4.69, 9.17) is 5.26 Å². The minimum Gasteiger partial charge on any atom is -0.462 e. The van der Waals surface area contributed by atoms with Crippen molar-refractivity contribution in [3.05, 3.63) is 34.4 Å². The van der Waals surface area contributed by atoms with Gasteiger partial charge in [-0.25, -0.2) is 4.79 Å². The van der Waals surface area contributed by atoms with Gasteiger partial charge in [-0.2, -0.15) is 18.4 Å². The van der Waals surface area contributed by atoms with Gasteiger partial charge >= 0.3 is 12.1 Å². The van der Waals surface area contributed by atoms with Crippen LogP contribution in [0.2, 0.25) is 0 Å². The number of alkyl halides is 3. The van der Waals surface area contributed by atoms with Crippen LogP contribution < -0.4 is 0 Å². The summed E-state index contributed by atoms with van der Waals surface area (Å²) in [4.78, 5) is 11.5. The Morgan fingerprint density at radius 1 is 1.44 bits per heavy atom. The van der Waals surface area contributed by atoms with Crippen LogP contribution in [0.1, 0.15) is 34.0 Å². The molecule has 0 radical (unpaired) electrons. The van der Waals surface area contributed by atoms with Gasteiger partial charge in [0.15, 0.2) is 0 Å². The molecule has 1 aromatic carbocycles. The molecule has 18 heavy (non-hydrogen) atoms. The molecule has 0 spiro atoms. The molecular weight excluding hydrogens is 247 g/mol. The van der Waals surface area contributed by atoms with Crippen LogP contribution in [-0.2, 0) is 10.9 Å². The molecule has 0 aliphatic rings. The van der Waals surface area contributed by atoms with E-state index in [1.807, 2.05) is 0 Å². The molecular formula is C12H10F3NO2. The summed E-state index contributed by atoms with van der Waals surface area (Å²) in [6.45, 7) is 3.01. The van der Waals surface area contributed by atoms with Crippen LogP contribution in [-0.4, -0.2) is 12.6 Å². The Hall–Kier alpha value is -2.03. The summed E-state index contributed by atoms with van der Waals surface area (Å²) < 4.78 is 42.5. The Morgan fingerprint density at radius 3 is 2.50 bits per heavy atom. The minimum atomic E-state index is -4.61. The van der Waals surface area contributed by atoms with E-state index in [-0.39, 0.29) is 23.3 Å². The van der Waals surface area contributed by atoms with E-state index in [0.717, 1.165) is 6.07 Å². The maximum Gasteiger partial charge on any atom is 0.416 e. The highest BCUT2D eigenvalue weighted by molar-refractivity contribution is 5.92. The van der Waals surface area contributed by atoms with Gasteiger partial charge < -0.3 is 4.74 Å². The average molecular weight is 257 g/mol. The van der Waals surface area contributed by atoms with Crippen molar-refractivity contribution in [2.24, 2.45) is 0 Å². The zero-order valence-corrected chi connectivity index (χ0v) is 9.76. The highest BCUT2D eigenvalue weighted by Gasteiger charge is 2.32. The third-order valence-electron chi connectivity index (χ3n) is 2.35. The predicted octanol–water partition coefficient (Wildman–Crippen LogP) is 3.06. The Labute approximate surface area is 102 Å². The minimum absolute atomic E-state index is 0.0520. The smallest absolute Gasteiger partial charge is 0.416 e. The molecule has 0 aromatic heterocycles. The molecule has 0 fully saturated rings. The first-order valence-electron chi connectivity index (χ1n) is 5.10. The quantitative estimate of drug-likeness (QED) is 0.765.